The van der Waals surface area contributed by atoms with Crippen LogP contribution in [0, 0.1) is 0 Å². The number of H-pyrrole nitrogens is 1. The predicted octanol–water partition coefficient (Wildman–Crippen LogP) is 4.29. The van der Waals surface area contributed by atoms with Crippen LogP contribution in [0.3, 0.4) is 0 Å². The highest BCUT2D eigenvalue weighted by atomic mass is 35.5. The Bertz CT molecular complexity index is 1390. The quantitative estimate of drug-likeness (QED) is 0.348. The molecule has 35 heavy (non-hydrogen) atoms. The summed E-state index contributed by atoms with van der Waals surface area (Å²) in [5, 5.41) is 14.1. The zero-order valence-electron chi connectivity index (χ0n) is 19.3. The number of likely N-dealkylation sites (N-methyl/N-ethyl adjacent to an activating group) is 1. The highest BCUT2D eigenvalue weighted by Gasteiger charge is 2.18. The third kappa shape index (κ3) is 4.96. The lowest BCUT2D eigenvalue weighted by Crippen LogP contribution is -2.44. The second kappa shape index (κ2) is 9.73. The van der Waals surface area contributed by atoms with E-state index in [1.54, 1.807) is 6.07 Å². The van der Waals surface area contributed by atoms with Crippen molar-refractivity contribution >= 4 is 51.6 Å². The fourth-order valence-electron chi connectivity index (χ4n) is 4.07. The van der Waals surface area contributed by atoms with Crippen LogP contribution in [0.15, 0.2) is 61.2 Å². The Labute approximate surface area is 207 Å². The summed E-state index contributed by atoms with van der Waals surface area (Å²) in [6.45, 7) is 7.53. The van der Waals surface area contributed by atoms with E-state index < -0.39 is 0 Å². The Kier molecular flexibility index (Phi) is 6.35. The minimum Gasteiger partial charge on any atom is -0.369 e. The number of nitrogens with zero attached hydrogens (tertiary/aromatic N) is 5. The van der Waals surface area contributed by atoms with Crippen molar-refractivity contribution in [2.24, 2.45) is 0 Å². The number of amides is 1. The van der Waals surface area contributed by atoms with Crippen LogP contribution in [0.2, 0.25) is 5.15 Å². The summed E-state index contributed by atoms with van der Waals surface area (Å²) < 4.78 is 0. The van der Waals surface area contributed by atoms with Crippen LogP contribution in [0.1, 0.15) is 0 Å². The molecule has 2 aromatic carbocycles. The van der Waals surface area contributed by atoms with E-state index in [0.717, 1.165) is 43.1 Å². The molecule has 3 N–H and O–H groups in total. The average Bonchev–Trinajstić information content (AvgIpc) is 3.24. The van der Waals surface area contributed by atoms with E-state index in [4.69, 9.17) is 16.6 Å². The maximum absolute atomic E-state index is 11.8. The van der Waals surface area contributed by atoms with Gasteiger partial charge < -0.3 is 20.4 Å². The van der Waals surface area contributed by atoms with Crippen LogP contribution in [-0.4, -0.2) is 64.2 Å². The number of fused-ring (bicyclic) bond motifs is 1. The largest absolute Gasteiger partial charge is 0.369 e. The second-order valence-electron chi connectivity index (χ2n) is 8.37. The van der Waals surface area contributed by atoms with Gasteiger partial charge in [-0.25, -0.2) is 4.98 Å². The van der Waals surface area contributed by atoms with Gasteiger partial charge >= 0.3 is 0 Å². The molecule has 0 saturated carbocycles. The Morgan fingerprint density at radius 2 is 1.86 bits per heavy atom. The maximum Gasteiger partial charge on any atom is 0.247 e. The first-order valence-corrected chi connectivity index (χ1v) is 11.6. The summed E-state index contributed by atoms with van der Waals surface area (Å²) in [6, 6.07) is 15.6. The van der Waals surface area contributed by atoms with Gasteiger partial charge in [-0.05, 0) is 43.5 Å². The molecule has 1 amide bonds. The van der Waals surface area contributed by atoms with Crippen LogP contribution in [0.4, 0.5) is 23.0 Å². The molecule has 5 rings (SSSR count). The molecule has 0 radical (unpaired) electrons. The summed E-state index contributed by atoms with van der Waals surface area (Å²) >= 11 is 6.39. The number of carbonyl (C=O) groups is 1. The van der Waals surface area contributed by atoms with Gasteiger partial charge in [-0.3, -0.25) is 9.89 Å². The minimum absolute atomic E-state index is 0.293. The van der Waals surface area contributed by atoms with Gasteiger partial charge in [0.1, 0.15) is 5.15 Å². The maximum atomic E-state index is 11.8. The molecule has 0 bridgehead atoms. The summed E-state index contributed by atoms with van der Waals surface area (Å²) in [5.74, 6) is 0.102. The molecule has 2 aromatic heterocycles. The summed E-state index contributed by atoms with van der Waals surface area (Å²) in [4.78, 5) is 25.8. The van der Waals surface area contributed by atoms with Crippen molar-refractivity contribution in [3.8, 4) is 11.3 Å². The Morgan fingerprint density at radius 1 is 1.09 bits per heavy atom. The summed E-state index contributed by atoms with van der Waals surface area (Å²) in [6.07, 6.45) is 1.22. The van der Waals surface area contributed by atoms with E-state index in [0.29, 0.717) is 33.5 Å². The molecule has 0 aliphatic carbocycles. The van der Waals surface area contributed by atoms with Crippen LogP contribution in [0.25, 0.3) is 22.3 Å². The molecule has 0 spiro atoms. The molecule has 10 heteroatoms. The fourth-order valence-corrected chi connectivity index (χ4v) is 4.28. The van der Waals surface area contributed by atoms with Crippen LogP contribution >= 0.6 is 11.6 Å². The number of piperazine rings is 1. The van der Waals surface area contributed by atoms with Crippen molar-refractivity contribution in [2.75, 3.05) is 48.8 Å². The van der Waals surface area contributed by atoms with Crippen LogP contribution in [-0.2, 0) is 4.79 Å². The van der Waals surface area contributed by atoms with Gasteiger partial charge in [-0.1, -0.05) is 36.4 Å². The van der Waals surface area contributed by atoms with E-state index in [-0.39, 0.29) is 5.91 Å². The average molecular weight is 489 g/mol. The van der Waals surface area contributed by atoms with Gasteiger partial charge in [0.25, 0.3) is 0 Å². The summed E-state index contributed by atoms with van der Waals surface area (Å²) in [5.41, 5.74) is 4.45. The first-order valence-electron chi connectivity index (χ1n) is 11.3. The Balaban J connectivity index is 1.48. The monoisotopic (exact) mass is 488 g/mol. The normalized spacial score (nSPS) is 14.2. The Morgan fingerprint density at radius 3 is 2.66 bits per heavy atom. The lowest BCUT2D eigenvalue weighted by atomic mass is 10.1. The van der Waals surface area contributed by atoms with E-state index in [1.807, 2.05) is 30.3 Å². The molecule has 0 unspecified atom stereocenters. The highest BCUT2D eigenvalue weighted by molar-refractivity contribution is 6.35. The van der Waals surface area contributed by atoms with Crippen LogP contribution < -0.4 is 15.5 Å². The summed E-state index contributed by atoms with van der Waals surface area (Å²) in [7, 11) is 2.14. The second-order valence-corrected chi connectivity index (χ2v) is 8.75. The zero-order valence-corrected chi connectivity index (χ0v) is 20.0. The molecule has 0 atom stereocenters. The number of nitrogens with one attached hydrogen (secondary N) is 3. The predicted molar refractivity (Wildman–Crippen MR) is 140 cm³/mol. The zero-order chi connectivity index (χ0) is 24.4. The number of benzene rings is 2. The van der Waals surface area contributed by atoms with E-state index in [9.17, 15) is 4.79 Å². The smallest absolute Gasteiger partial charge is 0.247 e. The molecular weight excluding hydrogens is 464 g/mol. The highest BCUT2D eigenvalue weighted by Crippen LogP contribution is 2.33. The lowest BCUT2D eigenvalue weighted by Gasteiger charge is -2.34. The number of aromatic amines is 1. The number of halogens is 1. The topological polar surface area (TPSA) is 102 Å². The van der Waals surface area contributed by atoms with E-state index >= 15 is 0 Å². The molecule has 3 heterocycles. The van der Waals surface area contributed by atoms with Crippen molar-refractivity contribution in [1.82, 2.24) is 25.1 Å². The van der Waals surface area contributed by atoms with E-state index in [1.165, 1.54) is 6.08 Å². The molecule has 1 saturated heterocycles. The molecular formula is C25H25ClN8O. The van der Waals surface area contributed by atoms with Crippen molar-refractivity contribution < 1.29 is 4.79 Å². The molecule has 1 fully saturated rings. The standard InChI is InChI=1S/C25H25ClN8O/c1-3-20(35)27-17-7-4-6-16(14-17)22-21-23(26)31-32-24(21)30-25(29-22)28-18-8-5-9-19(15-18)34-12-10-33(2)11-13-34/h3-9,14-15H,1,10-13H2,2H3,(H,27,35)(H2,28,29,30,31,32). The molecule has 1 aliphatic heterocycles. The van der Waals surface area contributed by atoms with E-state index in [2.05, 4.69) is 61.4 Å². The van der Waals surface area contributed by atoms with Gasteiger partial charge in [0, 0.05) is 48.8 Å². The number of rotatable bonds is 6. The van der Waals surface area contributed by atoms with Crippen molar-refractivity contribution in [2.45, 2.75) is 0 Å². The van der Waals surface area contributed by atoms with Crippen molar-refractivity contribution in [3.63, 3.8) is 0 Å². The fraction of sp³-hybridized carbons (Fsp3) is 0.200. The number of hydrogen-bond donors (Lipinski definition) is 3. The van der Waals surface area contributed by atoms with Crippen molar-refractivity contribution in [1.29, 1.82) is 0 Å². The molecule has 4 aromatic rings. The van der Waals surface area contributed by atoms with Gasteiger partial charge in [-0.2, -0.15) is 10.1 Å². The Hall–Kier alpha value is -3.95. The molecule has 9 nitrogen and oxygen atoms in total. The number of aromatic nitrogens is 4. The first kappa shape index (κ1) is 22.8. The van der Waals surface area contributed by atoms with Crippen LogP contribution in [0.5, 0.6) is 0 Å². The third-order valence-electron chi connectivity index (χ3n) is 5.93. The van der Waals surface area contributed by atoms with Gasteiger partial charge in [-0.15, -0.1) is 0 Å². The minimum atomic E-state index is -0.293. The SMILES string of the molecule is C=CC(=O)Nc1cccc(-c2nc(Nc3cccc(N4CCN(C)CC4)c3)nc3n[nH]c(Cl)c23)c1. The molecule has 178 valence electrons. The number of carbonyl (C=O) groups excluding carboxylic acids is 1. The first-order chi connectivity index (χ1) is 17.0. The molecule has 1 aliphatic rings. The number of hydrogen-bond acceptors (Lipinski definition) is 7. The van der Waals surface area contributed by atoms with Gasteiger partial charge in [0.2, 0.25) is 11.9 Å². The lowest BCUT2D eigenvalue weighted by molar-refractivity contribution is -0.111. The van der Waals surface area contributed by atoms with Gasteiger partial charge in [0.15, 0.2) is 5.65 Å². The number of anilines is 4. The van der Waals surface area contributed by atoms with Gasteiger partial charge in [0.05, 0.1) is 11.1 Å². The van der Waals surface area contributed by atoms with Crippen molar-refractivity contribution in [3.05, 3.63) is 66.3 Å². The third-order valence-corrected chi connectivity index (χ3v) is 6.20.